The largest absolute Gasteiger partial charge is 0.392 e. The van der Waals surface area contributed by atoms with Crippen molar-refractivity contribution in [3.63, 3.8) is 0 Å². The van der Waals surface area contributed by atoms with Gasteiger partial charge in [0.25, 0.3) is 5.69 Å². The standard InChI is InChI=1S/C16H24N2O3/c1-2-6-14(17-15-9-3-4-10-16(15)19)12-7-5-8-13(11-12)18(20)21/h5,7-8,11,14-17,19H,2-4,6,9-10H2,1H3. The number of hydrogen-bond donors (Lipinski definition) is 2. The van der Waals surface area contributed by atoms with E-state index in [1.54, 1.807) is 12.1 Å². The van der Waals surface area contributed by atoms with Crippen molar-refractivity contribution in [2.24, 2.45) is 0 Å². The summed E-state index contributed by atoms with van der Waals surface area (Å²) in [5.74, 6) is 0. The van der Waals surface area contributed by atoms with Crippen LogP contribution in [0.25, 0.3) is 0 Å². The maximum Gasteiger partial charge on any atom is 0.269 e. The predicted octanol–water partition coefficient (Wildman–Crippen LogP) is 3.33. The molecule has 1 aromatic rings. The van der Waals surface area contributed by atoms with E-state index < -0.39 is 0 Å². The van der Waals surface area contributed by atoms with Gasteiger partial charge in [-0.2, -0.15) is 0 Å². The predicted molar refractivity (Wildman–Crippen MR) is 82.1 cm³/mol. The second-order valence-electron chi connectivity index (χ2n) is 5.82. The summed E-state index contributed by atoms with van der Waals surface area (Å²) in [5.41, 5.74) is 1.06. The van der Waals surface area contributed by atoms with Crippen molar-refractivity contribution >= 4 is 5.69 Å². The smallest absolute Gasteiger partial charge is 0.269 e. The molecule has 0 bridgehead atoms. The molecule has 5 nitrogen and oxygen atoms in total. The first kappa shape index (κ1) is 15.9. The molecular weight excluding hydrogens is 268 g/mol. The molecule has 0 saturated heterocycles. The first-order valence-corrected chi connectivity index (χ1v) is 7.80. The summed E-state index contributed by atoms with van der Waals surface area (Å²) in [4.78, 5) is 10.6. The van der Waals surface area contributed by atoms with E-state index in [0.29, 0.717) is 0 Å². The molecule has 0 amide bonds. The van der Waals surface area contributed by atoms with Crippen molar-refractivity contribution in [3.05, 3.63) is 39.9 Å². The van der Waals surface area contributed by atoms with Gasteiger partial charge in [-0.3, -0.25) is 10.1 Å². The third-order valence-electron chi connectivity index (χ3n) is 4.21. The molecule has 0 aromatic heterocycles. The zero-order chi connectivity index (χ0) is 15.2. The molecule has 3 unspecified atom stereocenters. The average Bonchev–Trinajstić information content (AvgIpc) is 2.49. The van der Waals surface area contributed by atoms with E-state index in [4.69, 9.17) is 0 Å². The SMILES string of the molecule is CCCC(NC1CCCCC1O)c1cccc([N+](=O)[O-])c1. The lowest BCUT2D eigenvalue weighted by molar-refractivity contribution is -0.384. The lowest BCUT2D eigenvalue weighted by Crippen LogP contribution is -2.43. The fraction of sp³-hybridized carbons (Fsp3) is 0.625. The molecule has 1 aliphatic carbocycles. The second kappa shape index (κ2) is 7.52. The van der Waals surface area contributed by atoms with E-state index in [1.807, 2.05) is 6.07 Å². The fourth-order valence-corrected chi connectivity index (χ4v) is 3.05. The number of nitrogens with one attached hydrogen (secondary N) is 1. The molecule has 0 aliphatic heterocycles. The van der Waals surface area contributed by atoms with Crippen LogP contribution in [0.4, 0.5) is 5.69 Å². The Morgan fingerprint density at radius 1 is 1.43 bits per heavy atom. The number of aliphatic hydroxyl groups excluding tert-OH is 1. The molecule has 0 radical (unpaired) electrons. The summed E-state index contributed by atoms with van der Waals surface area (Å²) in [6, 6.07) is 6.97. The Hall–Kier alpha value is -1.46. The normalized spacial score (nSPS) is 23.7. The second-order valence-corrected chi connectivity index (χ2v) is 5.82. The van der Waals surface area contributed by atoms with Crippen LogP contribution in [0.3, 0.4) is 0 Å². The van der Waals surface area contributed by atoms with Gasteiger partial charge >= 0.3 is 0 Å². The van der Waals surface area contributed by atoms with Crippen molar-refractivity contribution in [3.8, 4) is 0 Å². The number of hydrogen-bond acceptors (Lipinski definition) is 4. The topological polar surface area (TPSA) is 75.4 Å². The van der Waals surface area contributed by atoms with Gasteiger partial charge in [0.1, 0.15) is 0 Å². The minimum Gasteiger partial charge on any atom is -0.392 e. The first-order valence-electron chi connectivity index (χ1n) is 7.80. The molecule has 2 rings (SSSR count). The van der Waals surface area contributed by atoms with Crippen LogP contribution in [-0.4, -0.2) is 22.2 Å². The minimum atomic E-state index is -0.359. The van der Waals surface area contributed by atoms with E-state index in [-0.39, 0.29) is 28.8 Å². The third kappa shape index (κ3) is 4.25. The van der Waals surface area contributed by atoms with Crippen molar-refractivity contribution in [2.75, 3.05) is 0 Å². The molecule has 116 valence electrons. The highest BCUT2D eigenvalue weighted by Gasteiger charge is 2.26. The van der Waals surface area contributed by atoms with E-state index in [9.17, 15) is 15.2 Å². The summed E-state index contributed by atoms with van der Waals surface area (Å²) in [6.45, 7) is 2.10. The fourth-order valence-electron chi connectivity index (χ4n) is 3.05. The number of aliphatic hydroxyl groups is 1. The number of non-ortho nitro benzene ring substituents is 1. The minimum absolute atomic E-state index is 0.0626. The Balaban J connectivity index is 2.14. The summed E-state index contributed by atoms with van der Waals surface area (Å²) in [7, 11) is 0. The highest BCUT2D eigenvalue weighted by atomic mass is 16.6. The zero-order valence-electron chi connectivity index (χ0n) is 12.5. The van der Waals surface area contributed by atoms with Crippen LogP contribution in [0.2, 0.25) is 0 Å². The molecule has 0 heterocycles. The van der Waals surface area contributed by atoms with Crippen LogP contribution >= 0.6 is 0 Å². The van der Waals surface area contributed by atoms with E-state index >= 15 is 0 Å². The summed E-state index contributed by atoms with van der Waals surface area (Å²) in [6.07, 6.45) is 5.60. The molecule has 1 fully saturated rings. The van der Waals surface area contributed by atoms with Crippen LogP contribution < -0.4 is 5.32 Å². The van der Waals surface area contributed by atoms with Crippen molar-refractivity contribution in [2.45, 2.75) is 63.6 Å². The molecular formula is C16H24N2O3. The lowest BCUT2D eigenvalue weighted by Gasteiger charge is -2.32. The molecule has 5 heteroatoms. The summed E-state index contributed by atoms with van der Waals surface area (Å²) < 4.78 is 0. The molecule has 3 atom stereocenters. The van der Waals surface area contributed by atoms with E-state index in [1.165, 1.54) is 6.07 Å². The van der Waals surface area contributed by atoms with Crippen LogP contribution in [0.15, 0.2) is 24.3 Å². The zero-order valence-corrected chi connectivity index (χ0v) is 12.5. The highest BCUT2D eigenvalue weighted by Crippen LogP contribution is 2.26. The highest BCUT2D eigenvalue weighted by molar-refractivity contribution is 5.35. The number of benzene rings is 1. The maximum absolute atomic E-state index is 10.9. The molecule has 1 saturated carbocycles. The van der Waals surface area contributed by atoms with Crippen molar-refractivity contribution in [1.82, 2.24) is 5.32 Å². The number of nitro benzene ring substituents is 1. The Kier molecular flexibility index (Phi) is 5.70. The van der Waals surface area contributed by atoms with Crippen molar-refractivity contribution in [1.29, 1.82) is 0 Å². The van der Waals surface area contributed by atoms with Gasteiger partial charge in [0, 0.05) is 24.2 Å². The lowest BCUT2D eigenvalue weighted by atomic mass is 9.90. The van der Waals surface area contributed by atoms with Gasteiger partial charge in [-0.05, 0) is 24.8 Å². The summed E-state index contributed by atoms with van der Waals surface area (Å²) in [5, 5.41) is 24.5. The average molecular weight is 292 g/mol. The maximum atomic E-state index is 10.9. The Labute approximate surface area is 125 Å². The van der Waals surface area contributed by atoms with E-state index in [0.717, 1.165) is 44.1 Å². The van der Waals surface area contributed by atoms with Gasteiger partial charge < -0.3 is 10.4 Å². The number of nitro groups is 1. The van der Waals surface area contributed by atoms with Gasteiger partial charge in [0.15, 0.2) is 0 Å². The first-order chi connectivity index (χ1) is 10.1. The van der Waals surface area contributed by atoms with Crippen LogP contribution in [0, 0.1) is 10.1 Å². The number of rotatable bonds is 6. The van der Waals surface area contributed by atoms with Gasteiger partial charge in [-0.25, -0.2) is 0 Å². The van der Waals surface area contributed by atoms with Crippen molar-refractivity contribution < 1.29 is 10.0 Å². The Morgan fingerprint density at radius 3 is 2.86 bits per heavy atom. The van der Waals surface area contributed by atoms with Crippen LogP contribution in [0.5, 0.6) is 0 Å². The van der Waals surface area contributed by atoms with Gasteiger partial charge in [-0.15, -0.1) is 0 Å². The summed E-state index contributed by atoms with van der Waals surface area (Å²) >= 11 is 0. The molecule has 1 aromatic carbocycles. The molecule has 21 heavy (non-hydrogen) atoms. The monoisotopic (exact) mass is 292 g/mol. The molecule has 0 spiro atoms. The Morgan fingerprint density at radius 2 is 2.19 bits per heavy atom. The Bertz CT molecular complexity index is 478. The van der Waals surface area contributed by atoms with Gasteiger partial charge in [0.2, 0.25) is 0 Å². The van der Waals surface area contributed by atoms with E-state index in [2.05, 4.69) is 12.2 Å². The molecule has 1 aliphatic rings. The van der Waals surface area contributed by atoms with Gasteiger partial charge in [-0.1, -0.05) is 38.3 Å². The van der Waals surface area contributed by atoms with Crippen LogP contribution in [-0.2, 0) is 0 Å². The third-order valence-corrected chi connectivity index (χ3v) is 4.21. The molecule has 2 N–H and O–H groups in total. The van der Waals surface area contributed by atoms with Crippen LogP contribution in [0.1, 0.15) is 57.1 Å². The quantitative estimate of drug-likeness (QED) is 0.623. The van der Waals surface area contributed by atoms with Gasteiger partial charge in [0.05, 0.1) is 11.0 Å². The number of nitrogens with zero attached hydrogens (tertiary/aromatic N) is 1.